The highest BCUT2D eigenvalue weighted by atomic mass is 32.2. The molecule has 0 spiro atoms. The molecule has 1 fully saturated rings. The molecule has 0 unspecified atom stereocenters. The maximum Gasteiger partial charge on any atom is 0.252 e. The normalized spacial score (nSPS) is 15.2. The van der Waals surface area contributed by atoms with Gasteiger partial charge in [-0.2, -0.15) is 4.31 Å². The standard InChI is InChI=1S/C21H22N4O4S/c26-21(23-8-13-30(27,28)25-9-11-29-12-10-25)18-14-20(16-4-3-7-22-15-16)24-19-6-2-1-5-17(18)19/h1-7,14-15H,8-13H2,(H,23,26). The van der Waals surface area contributed by atoms with Gasteiger partial charge in [0.1, 0.15) is 0 Å². The Morgan fingerprint density at radius 3 is 2.70 bits per heavy atom. The van der Waals surface area contributed by atoms with Crippen molar-refractivity contribution >= 4 is 26.8 Å². The zero-order valence-electron chi connectivity index (χ0n) is 16.3. The Balaban J connectivity index is 1.54. The van der Waals surface area contributed by atoms with Crippen molar-refractivity contribution in [2.75, 3.05) is 38.6 Å². The Hall–Kier alpha value is -2.88. The van der Waals surface area contributed by atoms with Gasteiger partial charge in [-0.05, 0) is 24.3 Å². The van der Waals surface area contributed by atoms with Gasteiger partial charge in [-0.1, -0.05) is 18.2 Å². The molecule has 2 aromatic heterocycles. The summed E-state index contributed by atoms with van der Waals surface area (Å²) in [4.78, 5) is 21.7. The fraction of sp³-hybridized carbons (Fsp3) is 0.286. The van der Waals surface area contributed by atoms with Crippen LogP contribution in [0.15, 0.2) is 54.9 Å². The fourth-order valence-electron chi connectivity index (χ4n) is 3.37. The van der Waals surface area contributed by atoms with Crippen LogP contribution in [0.2, 0.25) is 0 Å². The number of hydrogen-bond donors (Lipinski definition) is 1. The first-order valence-corrected chi connectivity index (χ1v) is 11.3. The SMILES string of the molecule is O=C(NCCS(=O)(=O)N1CCOCC1)c1cc(-c2cccnc2)nc2ccccc12. The zero-order valence-corrected chi connectivity index (χ0v) is 17.1. The summed E-state index contributed by atoms with van der Waals surface area (Å²) >= 11 is 0. The molecule has 0 aliphatic carbocycles. The molecule has 0 bridgehead atoms. The molecule has 0 saturated carbocycles. The Morgan fingerprint density at radius 2 is 1.93 bits per heavy atom. The second-order valence-corrected chi connectivity index (χ2v) is 8.99. The number of carbonyl (C=O) groups is 1. The van der Waals surface area contributed by atoms with Gasteiger partial charge < -0.3 is 10.1 Å². The van der Waals surface area contributed by atoms with Crippen molar-refractivity contribution in [3.63, 3.8) is 0 Å². The van der Waals surface area contributed by atoms with Crippen molar-refractivity contribution in [2.45, 2.75) is 0 Å². The highest BCUT2D eigenvalue weighted by Gasteiger charge is 2.24. The second-order valence-electron chi connectivity index (χ2n) is 6.90. The van der Waals surface area contributed by atoms with Crippen LogP contribution in [0.5, 0.6) is 0 Å². The second kappa shape index (κ2) is 8.86. The largest absolute Gasteiger partial charge is 0.379 e. The van der Waals surface area contributed by atoms with Crippen molar-refractivity contribution in [1.29, 1.82) is 0 Å². The van der Waals surface area contributed by atoms with E-state index in [9.17, 15) is 13.2 Å². The van der Waals surface area contributed by atoms with Gasteiger partial charge in [0, 0.05) is 43.0 Å². The molecule has 1 aliphatic rings. The van der Waals surface area contributed by atoms with E-state index in [0.717, 1.165) is 5.56 Å². The number of para-hydroxylation sites is 1. The molecule has 1 aliphatic heterocycles. The zero-order chi connectivity index (χ0) is 21.0. The summed E-state index contributed by atoms with van der Waals surface area (Å²) in [7, 11) is -3.44. The van der Waals surface area contributed by atoms with Gasteiger partial charge in [0.25, 0.3) is 5.91 Å². The first-order chi connectivity index (χ1) is 14.5. The number of fused-ring (bicyclic) bond motifs is 1. The van der Waals surface area contributed by atoms with Gasteiger partial charge >= 0.3 is 0 Å². The lowest BCUT2D eigenvalue weighted by Crippen LogP contribution is -2.43. The molecule has 1 N–H and O–H groups in total. The summed E-state index contributed by atoms with van der Waals surface area (Å²) in [5.74, 6) is -0.493. The van der Waals surface area contributed by atoms with Crippen LogP contribution < -0.4 is 5.32 Å². The van der Waals surface area contributed by atoms with E-state index < -0.39 is 10.0 Å². The van der Waals surface area contributed by atoms with Gasteiger partial charge in [-0.25, -0.2) is 13.4 Å². The molecule has 8 nitrogen and oxygen atoms in total. The molecule has 3 heterocycles. The van der Waals surface area contributed by atoms with E-state index in [1.54, 1.807) is 18.5 Å². The number of amides is 1. The molecule has 30 heavy (non-hydrogen) atoms. The summed E-state index contributed by atoms with van der Waals surface area (Å²) < 4.78 is 31.5. The minimum Gasteiger partial charge on any atom is -0.379 e. The van der Waals surface area contributed by atoms with E-state index in [1.165, 1.54) is 4.31 Å². The molecule has 0 atom stereocenters. The molecular weight excluding hydrogens is 404 g/mol. The molecule has 9 heteroatoms. The third kappa shape index (κ3) is 4.48. The smallest absolute Gasteiger partial charge is 0.252 e. The van der Waals surface area contributed by atoms with Gasteiger partial charge in [0.05, 0.1) is 35.7 Å². The summed E-state index contributed by atoms with van der Waals surface area (Å²) in [6.45, 7) is 1.51. The predicted molar refractivity (Wildman–Crippen MR) is 113 cm³/mol. The van der Waals surface area contributed by atoms with E-state index in [4.69, 9.17) is 4.74 Å². The third-order valence-electron chi connectivity index (χ3n) is 4.93. The van der Waals surface area contributed by atoms with Gasteiger partial charge in [0.2, 0.25) is 10.0 Å². The number of benzene rings is 1. The van der Waals surface area contributed by atoms with E-state index in [2.05, 4.69) is 15.3 Å². The number of sulfonamides is 1. The summed E-state index contributed by atoms with van der Waals surface area (Å²) in [6.07, 6.45) is 3.36. The predicted octanol–water partition coefficient (Wildman–Crippen LogP) is 1.69. The Labute approximate surface area is 175 Å². The van der Waals surface area contributed by atoms with E-state index in [1.807, 2.05) is 36.4 Å². The molecule has 1 amide bonds. The topological polar surface area (TPSA) is 101 Å². The highest BCUT2D eigenvalue weighted by molar-refractivity contribution is 7.89. The number of nitrogens with one attached hydrogen (secondary N) is 1. The first-order valence-electron chi connectivity index (χ1n) is 9.68. The highest BCUT2D eigenvalue weighted by Crippen LogP contribution is 2.24. The van der Waals surface area contributed by atoms with Crippen LogP contribution in [-0.4, -0.2) is 67.2 Å². The summed E-state index contributed by atoms with van der Waals surface area (Å²) in [5.41, 5.74) is 2.56. The Kier molecular flexibility index (Phi) is 6.03. The van der Waals surface area contributed by atoms with Gasteiger partial charge in [0.15, 0.2) is 0 Å². The lowest BCUT2D eigenvalue weighted by atomic mass is 10.0. The maximum atomic E-state index is 12.9. The van der Waals surface area contributed by atoms with Gasteiger partial charge in [-0.3, -0.25) is 9.78 Å². The van der Waals surface area contributed by atoms with Crippen LogP contribution in [0.1, 0.15) is 10.4 Å². The van der Waals surface area contributed by atoms with E-state index in [-0.39, 0.29) is 18.2 Å². The average Bonchev–Trinajstić information content (AvgIpc) is 2.79. The lowest BCUT2D eigenvalue weighted by molar-refractivity contribution is 0.0730. The van der Waals surface area contributed by atoms with E-state index >= 15 is 0 Å². The van der Waals surface area contributed by atoms with Crippen LogP contribution in [0, 0.1) is 0 Å². The number of carbonyl (C=O) groups excluding carboxylic acids is 1. The molecular formula is C21H22N4O4S. The van der Waals surface area contributed by atoms with Crippen LogP contribution in [0.25, 0.3) is 22.2 Å². The number of pyridine rings is 2. The van der Waals surface area contributed by atoms with Crippen molar-refractivity contribution in [2.24, 2.45) is 0 Å². The van der Waals surface area contributed by atoms with Crippen LogP contribution in [-0.2, 0) is 14.8 Å². The first kappa shape index (κ1) is 20.4. The van der Waals surface area contributed by atoms with E-state index in [0.29, 0.717) is 48.5 Å². The number of aromatic nitrogens is 2. The Bertz CT molecular complexity index is 1150. The van der Waals surface area contributed by atoms with Crippen molar-refractivity contribution < 1.29 is 17.9 Å². The van der Waals surface area contributed by atoms with Crippen molar-refractivity contribution in [3.8, 4) is 11.3 Å². The summed E-state index contributed by atoms with van der Waals surface area (Å²) in [5, 5.41) is 3.45. The monoisotopic (exact) mass is 426 g/mol. The van der Waals surface area contributed by atoms with Crippen LogP contribution in [0.4, 0.5) is 0 Å². The Morgan fingerprint density at radius 1 is 1.13 bits per heavy atom. The lowest BCUT2D eigenvalue weighted by Gasteiger charge is -2.26. The van der Waals surface area contributed by atoms with Crippen molar-refractivity contribution in [1.82, 2.24) is 19.6 Å². The average molecular weight is 426 g/mol. The molecule has 1 aromatic carbocycles. The number of nitrogens with zero attached hydrogens (tertiary/aromatic N) is 3. The molecule has 4 rings (SSSR count). The molecule has 1 saturated heterocycles. The third-order valence-corrected chi connectivity index (χ3v) is 6.80. The minimum absolute atomic E-state index is 0.0252. The molecule has 0 radical (unpaired) electrons. The maximum absolute atomic E-state index is 12.9. The summed E-state index contributed by atoms with van der Waals surface area (Å²) in [6, 6.07) is 12.8. The molecule has 156 valence electrons. The van der Waals surface area contributed by atoms with Crippen LogP contribution >= 0.6 is 0 Å². The number of rotatable bonds is 6. The quantitative estimate of drug-likeness (QED) is 0.644. The number of morpholine rings is 1. The number of hydrogen-bond acceptors (Lipinski definition) is 6. The van der Waals surface area contributed by atoms with Crippen molar-refractivity contribution in [3.05, 3.63) is 60.4 Å². The number of ether oxygens (including phenoxy) is 1. The minimum atomic E-state index is -3.44. The van der Waals surface area contributed by atoms with Gasteiger partial charge in [-0.15, -0.1) is 0 Å². The fourth-order valence-corrected chi connectivity index (χ4v) is 4.69. The molecule has 3 aromatic rings. The van der Waals surface area contributed by atoms with Crippen LogP contribution in [0.3, 0.4) is 0 Å².